The standard InChI is InChI=1S/C14H20FNO3S2/c1-9-4-13(5-12(8-17)14(9)15)21(18,19)16-6-10(2)20-11(3)7-16/h4-5,10-11,17H,6-8H2,1-3H3. The first-order valence-corrected chi connectivity index (χ1v) is 9.19. The largest absolute Gasteiger partial charge is 0.392 e. The molecule has 2 atom stereocenters. The fourth-order valence-electron chi connectivity index (χ4n) is 2.55. The molecular weight excluding hydrogens is 313 g/mol. The number of hydrogen-bond acceptors (Lipinski definition) is 4. The highest BCUT2D eigenvalue weighted by molar-refractivity contribution is 8.00. The van der Waals surface area contributed by atoms with E-state index in [0.717, 1.165) is 0 Å². The summed E-state index contributed by atoms with van der Waals surface area (Å²) in [6, 6.07) is 2.57. The molecule has 1 heterocycles. The van der Waals surface area contributed by atoms with Crippen molar-refractivity contribution in [2.45, 2.75) is 42.8 Å². The second-order valence-electron chi connectivity index (χ2n) is 5.45. The van der Waals surface area contributed by atoms with E-state index in [1.165, 1.54) is 23.4 Å². The van der Waals surface area contributed by atoms with E-state index in [0.29, 0.717) is 13.1 Å². The number of benzene rings is 1. The van der Waals surface area contributed by atoms with Crippen LogP contribution < -0.4 is 0 Å². The minimum absolute atomic E-state index is 0.0149. The van der Waals surface area contributed by atoms with Crippen molar-refractivity contribution in [2.24, 2.45) is 0 Å². The van der Waals surface area contributed by atoms with Crippen molar-refractivity contribution >= 4 is 21.8 Å². The zero-order valence-electron chi connectivity index (χ0n) is 12.3. The number of thioether (sulfide) groups is 1. The molecule has 0 aliphatic carbocycles. The van der Waals surface area contributed by atoms with Gasteiger partial charge in [0.15, 0.2) is 0 Å². The lowest BCUT2D eigenvalue weighted by Crippen LogP contribution is -2.44. The first-order valence-electron chi connectivity index (χ1n) is 6.81. The van der Waals surface area contributed by atoms with Gasteiger partial charge < -0.3 is 5.11 Å². The molecular formula is C14H20FNO3S2. The van der Waals surface area contributed by atoms with Gasteiger partial charge in [0.25, 0.3) is 0 Å². The minimum Gasteiger partial charge on any atom is -0.392 e. The molecule has 21 heavy (non-hydrogen) atoms. The number of rotatable bonds is 3. The molecule has 0 amide bonds. The molecule has 1 aromatic carbocycles. The van der Waals surface area contributed by atoms with Gasteiger partial charge in [-0.1, -0.05) is 13.8 Å². The van der Waals surface area contributed by atoms with E-state index in [9.17, 15) is 17.9 Å². The van der Waals surface area contributed by atoms with Gasteiger partial charge in [0, 0.05) is 29.2 Å². The molecule has 2 rings (SSSR count). The number of aliphatic hydroxyl groups is 1. The second-order valence-corrected chi connectivity index (χ2v) is 9.27. The Morgan fingerprint density at radius 1 is 1.33 bits per heavy atom. The lowest BCUT2D eigenvalue weighted by atomic mass is 10.1. The van der Waals surface area contributed by atoms with Crippen LogP contribution >= 0.6 is 11.8 Å². The van der Waals surface area contributed by atoms with Crippen molar-refractivity contribution in [3.63, 3.8) is 0 Å². The summed E-state index contributed by atoms with van der Waals surface area (Å²) in [5.74, 6) is -0.549. The molecule has 7 heteroatoms. The highest BCUT2D eigenvalue weighted by Gasteiger charge is 2.32. The highest BCUT2D eigenvalue weighted by Crippen LogP contribution is 2.30. The van der Waals surface area contributed by atoms with Gasteiger partial charge in [-0.05, 0) is 24.6 Å². The summed E-state index contributed by atoms with van der Waals surface area (Å²) in [6.45, 7) is 5.88. The van der Waals surface area contributed by atoms with Crippen LogP contribution in [0.15, 0.2) is 17.0 Å². The van der Waals surface area contributed by atoms with Crippen molar-refractivity contribution in [3.05, 3.63) is 29.1 Å². The Balaban J connectivity index is 2.42. The van der Waals surface area contributed by atoms with E-state index in [1.807, 2.05) is 13.8 Å². The van der Waals surface area contributed by atoms with Crippen LogP contribution in [0, 0.1) is 12.7 Å². The number of hydrogen-bond donors (Lipinski definition) is 1. The predicted molar refractivity (Wildman–Crippen MR) is 82.3 cm³/mol. The van der Waals surface area contributed by atoms with Crippen LogP contribution in [0.1, 0.15) is 25.0 Å². The molecule has 1 aliphatic heterocycles. The molecule has 1 aliphatic rings. The van der Waals surface area contributed by atoms with Gasteiger partial charge in [0.1, 0.15) is 5.82 Å². The van der Waals surface area contributed by atoms with Crippen LogP contribution in [0.4, 0.5) is 4.39 Å². The molecule has 0 spiro atoms. The summed E-state index contributed by atoms with van der Waals surface area (Å²) in [4.78, 5) is 0.0525. The monoisotopic (exact) mass is 333 g/mol. The summed E-state index contributed by atoms with van der Waals surface area (Å²) in [5.41, 5.74) is 0.244. The van der Waals surface area contributed by atoms with E-state index < -0.39 is 22.4 Å². The number of halogens is 1. The first-order chi connectivity index (χ1) is 9.75. The number of aryl methyl sites for hydroxylation is 1. The zero-order valence-corrected chi connectivity index (χ0v) is 14.0. The SMILES string of the molecule is Cc1cc(S(=O)(=O)N2CC(C)SC(C)C2)cc(CO)c1F. The average molecular weight is 333 g/mol. The van der Waals surface area contributed by atoms with Crippen molar-refractivity contribution < 1.29 is 17.9 Å². The predicted octanol–water partition coefficient (Wildman–Crippen LogP) is 2.14. The van der Waals surface area contributed by atoms with Crippen LogP contribution in [-0.4, -0.2) is 41.4 Å². The third kappa shape index (κ3) is 3.41. The van der Waals surface area contributed by atoms with Crippen LogP contribution in [0.3, 0.4) is 0 Å². The third-order valence-electron chi connectivity index (χ3n) is 3.50. The summed E-state index contributed by atoms with van der Waals surface area (Å²) >= 11 is 1.76. The van der Waals surface area contributed by atoms with Gasteiger partial charge in [-0.25, -0.2) is 12.8 Å². The molecule has 1 fully saturated rings. The number of nitrogens with zero attached hydrogens (tertiary/aromatic N) is 1. The Hall–Kier alpha value is -0.630. The molecule has 2 unspecified atom stereocenters. The maximum Gasteiger partial charge on any atom is 0.243 e. The van der Waals surface area contributed by atoms with Crippen LogP contribution in [0.5, 0.6) is 0 Å². The van der Waals surface area contributed by atoms with E-state index in [4.69, 9.17) is 0 Å². The van der Waals surface area contributed by atoms with Gasteiger partial charge in [-0.15, -0.1) is 0 Å². The van der Waals surface area contributed by atoms with E-state index in [1.54, 1.807) is 11.8 Å². The van der Waals surface area contributed by atoms with Crippen LogP contribution in [0.2, 0.25) is 0 Å². The molecule has 1 saturated heterocycles. The van der Waals surface area contributed by atoms with E-state index in [-0.39, 0.29) is 26.5 Å². The van der Waals surface area contributed by atoms with Crippen LogP contribution in [0.25, 0.3) is 0 Å². The quantitative estimate of drug-likeness (QED) is 0.921. The highest BCUT2D eigenvalue weighted by atomic mass is 32.2. The van der Waals surface area contributed by atoms with E-state index >= 15 is 0 Å². The summed E-state index contributed by atoms with van der Waals surface area (Å²) < 4.78 is 40.7. The van der Waals surface area contributed by atoms with Gasteiger partial charge in [0.2, 0.25) is 10.0 Å². The van der Waals surface area contributed by atoms with Crippen molar-refractivity contribution in [2.75, 3.05) is 13.1 Å². The summed E-state index contributed by atoms with van der Waals surface area (Å²) in [7, 11) is -3.66. The van der Waals surface area contributed by atoms with Gasteiger partial charge >= 0.3 is 0 Å². The normalized spacial score (nSPS) is 24.2. The molecule has 1 N–H and O–H groups in total. The summed E-state index contributed by atoms with van der Waals surface area (Å²) in [6.07, 6.45) is 0. The Labute approximate surface area is 129 Å². The maximum absolute atomic E-state index is 13.8. The molecule has 0 radical (unpaired) electrons. The Kier molecular flexibility index (Phi) is 4.97. The Bertz CT molecular complexity index is 623. The third-order valence-corrected chi connectivity index (χ3v) is 6.53. The second kappa shape index (κ2) is 6.24. The van der Waals surface area contributed by atoms with Gasteiger partial charge in [-0.3, -0.25) is 0 Å². The summed E-state index contributed by atoms with van der Waals surface area (Å²) in [5, 5.41) is 9.62. The zero-order chi connectivity index (χ0) is 15.8. The molecule has 0 aromatic heterocycles. The fraction of sp³-hybridized carbons (Fsp3) is 0.571. The van der Waals surface area contributed by atoms with Crippen molar-refractivity contribution in [1.82, 2.24) is 4.31 Å². The first kappa shape index (κ1) is 16.7. The average Bonchev–Trinajstić information content (AvgIpc) is 2.40. The minimum atomic E-state index is -3.66. The van der Waals surface area contributed by atoms with Crippen molar-refractivity contribution in [3.8, 4) is 0 Å². The molecule has 0 saturated carbocycles. The van der Waals surface area contributed by atoms with Gasteiger partial charge in [-0.2, -0.15) is 16.1 Å². The molecule has 118 valence electrons. The molecule has 4 nitrogen and oxygen atoms in total. The number of aliphatic hydroxyl groups excluding tert-OH is 1. The molecule has 1 aromatic rings. The van der Waals surface area contributed by atoms with Crippen molar-refractivity contribution in [1.29, 1.82) is 0 Å². The topological polar surface area (TPSA) is 57.6 Å². The van der Waals surface area contributed by atoms with Gasteiger partial charge in [0.05, 0.1) is 11.5 Å². The van der Waals surface area contributed by atoms with E-state index in [2.05, 4.69) is 0 Å². The smallest absolute Gasteiger partial charge is 0.243 e. The van der Waals surface area contributed by atoms with Crippen LogP contribution in [-0.2, 0) is 16.6 Å². The maximum atomic E-state index is 13.8. The number of sulfonamides is 1. The lowest BCUT2D eigenvalue weighted by molar-refractivity contribution is 0.275. The fourth-order valence-corrected chi connectivity index (χ4v) is 5.82. The molecule has 0 bridgehead atoms. The lowest BCUT2D eigenvalue weighted by Gasteiger charge is -2.33. The Morgan fingerprint density at radius 3 is 2.43 bits per heavy atom. The Morgan fingerprint density at radius 2 is 1.90 bits per heavy atom.